The summed E-state index contributed by atoms with van der Waals surface area (Å²) >= 11 is 0. The van der Waals surface area contributed by atoms with Crippen LogP contribution in [0, 0.1) is 5.92 Å². The van der Waals surface area contributed by atoms with Gasteiger partial charge in [0.1, 0.15) is 12.0 Å². The summed E-state index contributed by atoms with van der Waals surface area (Å²) in [6.07, 6.45) is 13.6. The number of piperidine rings is 1. The van der Waals surface area contributed by atoms with Gasteiger partial charge in [-0.25, -0.2) is 4.98 Å². The highest BCUT2D eigenvalue weighted by Gasteiger charge is 2.30. The average molecular weight is 749 g/mol. The number of rotatable bonds is 10. The smallest absolute Gasteiger partial charge is 0.260 e. The lowest BCUT2D eigenvalue weighted by atomic mass is 9.89. The van der Waals surface area contributed by atoms with Crippen LogP contribution in [0.3, 0.4) is 0 Å². The number of hydrogen-bond acceptors (Lipinski definition) is 11. The molecule has 1 atom stereocenters. The standard InChI is InChI=1S/C25H36N4O3.C15H12N6O2/c1-27(23-9-10-24(31)26-25(23)32)17-20-7-8-22(15-21(20)18-30)29-13-11-28(12-14-29)16-19-5-3-2-4-6-19;1-23-12-6-11-9(7-17-20-11)5-10(12)15(22)19-14-8-16-13-3-2-4-18-21(13)14/h7-8,15,18-19,23H,2-6,9-14,16-17H2,1H3,(H,26,31,32);2-8H,1H3,(H,17,20)(H,19,22). The lowest BCUT2D eigenvalue weighted by Gasteiger charge is -2.38. The van der Waals surface area contributed by atoms with Crippen LogP contribution in [0.1, 0.15) is 71.2 Å². The predicted octanol–water partition coefficient (Wildman–Crippen LogP) is 4.30. The number of methoxy groups -OCH3 is 1. The highest BCUT2D eigenvalue weighted by atomic mass is 16.5. The van der Waals surface area contributed by atoms with E-state index in [4.69, 9.17) is 4.74 Å². The number of H-pyrrole nitrogens is 1. The van der Waals surface area contributed by atoms with Crippen LogP contribution in [0.2, 0.25) is 0 Å². The van der Waals surface area contributed by atoms with E-state index in [1.165, 1.54) is 45.8 Å². The minimum absolute atomic E-state index is 0.212. The van der Waals surface area contributed by atoms with Gasteiger partial charge in [0.25, 0.3) is 5.91 Å². The Morgan fingerprint density at radius 3 is 2.62 bits per heavy atom. The lowest BCUT2D eigenvalue weighted by molar-refractivity contribution is -0.137. The monoisotopic (exact) mass is 748 g/mol. The number of aldehydes is 1. The Bertz CT molecular complexity index is 2150. The zero-order valence-electron chi connectivity index (χ0n) is 31.4. The Kier molecular flexibility index (Phi) is 11.8. The number of benzene rings is 2. The first-order valence-corrected chi connectivity index (χ1v) is 19.0. The summed E-state index contributed by atoms with van der Waals surface area (Å²) in [6, 6.07) is 12.8. The molecule has 3 aliphatic rings. The van der Waals surface area contributed by atoms with E-state index >= 15 is 0 Å². The summed E-state index contributed by atoms with van der Waals surface area (Å²) in [5.74, 6) is 1.05. The molecule has 1 aliphatic carbocycles. The number of imidazole rings is 1. The van der Waals surface area contributed by atoms with Gasteiger partial charge in [0.15, 0.2) is 11.5 Å². The summed E-state index contributed by atoms with van der Waals surface area (Å²) in [7, 11) is 3.39. The van der Waals surface area contributed by atoms with Crippen molar-refractivity contribution in [1.29, 1.82) is 0 Å². The fourth-order valence-corrected chi connectivity index (χ4v) is 7.85. The molecule has 1 unspecified atom stereocenters. The van der Waals surface area contributed by atoms with Gasteiger partial charge in [-0.2, -0.15) is 14.7 Å². The molecule has 5 heterocycles. The van der Waals surface area contributed by atoms with Crippen molar-refractivity contribution in [3.8, 4) is 5.75 Å². The summed E-state index contributed by atoms with van der Waals surface area (Å²) in [4.78, 5) is 59.1. The number of carbonyl (C=O) groups excluding carboxylic acids is 4. The van der Waals surface area contributed by atoms with Crippen molar-refractivity contribution in [2.75, 3.05) is 57.1 Å². The Morgan fingerprint density at radius 2 is 1.85 bits per heavy atom. The summed E-state index contributed by atoms with van der Waals surface area (Å²) in [5, 5.41) is 17.0. The van der Waals surface area contributed by atoms with Crippen molar-refractivity contribution in [3.63, 3.8) is 0 Å². The third kappa shape index (κ3) is 8.84. The van der Waals surface area contributed by atoms with E-state index < -0.39 is 0 Å². The maximum absolute atomic E-state index is 12.6. The minimum atomic E-state index is -0.343. The fourth-order valence-electron chi connectivity index (χ4n) is 7.85. The van der Waals surface area contributed by atoms with Crippen LogP contribution in [0.4, 0.5) is 11.5 Å². The number of aromatic amines is 1. The van der Waals surface area contributed by atoms with Gasteiger partial charge in [-0.3, -0.25) is 39.4 Å². The number of fused-ring (bicyclic) bond motifs is 2. The Hall–Kier alpha value is -5.67. The van der Waals surface area contributed by atoms with Gasteiger partial charge in [0, 0.05) is 74.6 Å². The first-order valence-electron chi connectivity index (χ1n) is 19.0. The Morgan fingerprint density at radius 1 is 1.04 bits per heavy atom. The summed E-state index contributed by atoms with van der Waals surface area (Å²) in [5.41, 5.74) is 4.54. The molecule has 8 rings (SSSR count). The van der Waals surface area contributed by atoms with E-state index in [0.717, 1.165) is 60.5 Å². The van der Waals surface area contributed by atoms with Gasteiger partial charge in [0.05, 0.1) is 36.6 Å². The number of imide groups is 1. The third-order valence-corrected chi connectivity index (χ3v) is 10.9. The first-order chi connectivity index (χ1) is 26.8. The van der Waals surface area contributed by atoms with Gasteiger partial charge in [-0.05, 0) is 68.1 Å². The number of hydrogen-bond donors (Lipinski definition) is 3. The van der Waals surface area contributed by atoms with Crippen LogP contribution in [0.15, 0.2) is 61.1 Å². The molecule has 3 N–H and O–H groups in total. The molecule has 3 amide bonds. The van der Waals surface area contributed by atoms with Gasteiger partial charge >= 0.3 is 0 Å². The van der Waals surface area contributed by atoms with Crippen LogP contribution in [0.25, 0.3) is 16.6 Å². The van der Waals surface area contributed by atoms with Crippen LogP contribution < -0.4 is 20.3 Å². The number of nitrogens with zero attached hydrogens (tertiary/aromatic N) is 7. The number of aromatic nitrogens is 5. The van der Waals surface area contributed by atoms with Crippen molar-refractivity contribution in [2.24, 2.45) is 5.92 Å². The molecule has 15 heteroatoms. The normalized spacial score (nSPS) is 18.2. The molecule has 2 aromatic carbocycles. The number of ether oxygens (including phenoxy) is 1. The van der Waals surface area contributed by atoms with Gasteiger partial charge in [0.2, 0.25) is 11.8 Å². The number of nitrogens with one attached hydrogen (secondary N) is 3. The highest BCUT2D eigenvalue weighted by molar-refractivity contribution is 6.08. The molecule has 288 valence electrons. The number of piperazine rings is 1. The van der Waals surface area contributed by atoms with E-state index in [0.29, 0.717) is 47.7 Å². The van der Waals surface area contributed by atoms with E-state index in [-0.39, 0.29) is 23.8 Å². The number of carbonyl (C=O) groups is 4. The first kappa shape index (κ1) is 37.6. The Labute approximate surface area is 319 Å². The zero-order valence-corrected chi connectivity index (χ0v) is 31.4. The molecule has 3 aromatic heterocycles. The molecule has 0 radical (unpaired) electrons. The van der Waals surface area contributed by atoms with E-state index in [2.05, 4.69) is 46.8 Å². The lowest BCUT2D eigenvalue weighted by Crippen LogP contribution is -2.51. The molecule has 0 bridgehead atoms. The average Bonchev–Trinajstić information content (AvgIpc) is 3.85. The summed E-state index contributed by atoms with van der Waals surface area (Å²) in [6.45, 7) is 5.86. The molecule has 15 nitrogen and oxygen atoms in total. The quantitative estimate of drug-likeness (QED) is 0.138. The molecule has 2 saturated heterocycles. The SMILES string of the molecule is CN(Cc1ccc(N2CCN(CC3CCCCC3)CC2)cc1C=O)C1CCC(=O)NC1=O.COc1cc2[nH]ncc2cc1C(=O)Nc1cnc2cccnn12. The second-order valence-corrected chi connectivity index (χ2v) is 14.6. The van der Waals surface area contributed by atoms with Crippen LogP contribution >= 0.6 is 0 Å². The van der Waals surface area contributed by atoms with E-state index in [1.807, 2.05) is 24.1 Å². The zero-order chi connectivity index (χ0) is 38.3. The number of likely N-dealkylation sites (N-methyl/N-ethyl adjacent to an activating group) is 1. The molecule has 3 fully saturated rings. The fraction of sp³-hybridized carbons (Fsp3) is 0.425. The molecule has 2 aliphatic heterocycles. The van der Waals surface area contributed by atoms with Crippen molar-refractivity contribution in [1.82, 2.24) is 39.9 Å². The molecule has 1 saturated carbocycles. The molecular weight excluding hydrogens is 701 g/mol. The van der Waals surface area contributed by atoms with E-state index in [1.54, 1.807) is 47.4 Å². The second kappa shape index (κ2) is 17.2. The van der Waals surface area contributed by atoms with Crippen molar-refractivity contribution >= 4 is 52.1 Å². The molecule has 5 aromatic rings. The molecule has 0 spiro atoms. The largest absolute Gasteiger partial charge is 0.496 e. The molecular formula is C40H48N10O5. The maximum atomic E-state index is 12.6. The van der Waals surface area contributed by atoms with Gasteiger partial charge < -0.3 is 15.0 Å². The van der Waals surface area contributed by atoms with Crippen molar-refractivity contribution < 1.29 is 23.9 Å². The predicted molar refractivity (Wildman–Crippen MR) is 208 cm³/mol. The second-order valence-electron chi connectivity index (χ2n) is 14.6. The topological polar surface area (TPSA) is 170 Å². The summed E-state index contributed by atoms with van der Waals surface area (Å²) < 4.78 is 6.86. The maximum Gasteiger partial charge on any atom is 0.260 e. The molecule has 55 heavy (non-hydrogen) atoms. The minimum Gasteiger partial charge on any atom is -0.496 e. The number of anilines is 2. The number of amides is 3. The van der Waals surface area contributed by atoms with Crippen molar-refractivity contribution in [2.45, 2.75) is 57.5 Å². The van der Waals surface area contributed by atoms with Gasteiger partial charge in [-0.15, -0.1) is 0 Å². The Balaban J connectivity index is 0.000000178. The van der Waals surface area contributed by atoms with Crippen LogP contribution in [0.5, 0.6) is 5.75 Å². The van der Waals surface area contributed by atoms with Crippen LogP contribution in [-0.4, -0.2) is 112 Å². The van der Waals surface area contributed by atoms with Crippen molar-refractivity contribution in [3.05, 3.63) is 77.7 Å². The van der Waals surface area contributed by atoms with Crippen LogP contribution in [-0.2, 0) is 16.1 Å². The van der Waals surface area contributed by atoms with E-state index in [9.17, 15) is 19.2 Å². The van der Waals surface area contributed by atoms with Gasteiger partial charge in [-0.1, -0.05) is 25.3 Å². The highest BCUT2D eigenvalue weighted by Crippen LogP contribution is 2.28. The third-order valence-electron chi connectivity index (χ3n) is 10.9.